The smallest absolute Gasteiger partial charge is 0.372 e. The highest BCUT2D eigenvalue weighted by Crippen LogP contribution is 2.44. The van der Waals surface area contributed by atoms with Gasteiger partial charge in [0.15, 0.2) is 29.1 Å². The number of aliphatic hydroxyl groups excluding tert-OH is 1. The summed E-state index contributed by atoms with van der Waals surface area (Å²) in [6.07, 6.45) is 10.6. The van der Waals surface area contributed by atoms with E-state index in [4.69, 9.17) is 14.2 Å². The van der Waals surface area contributed by atoms with Gasteiger partial charge in [-0.3, -0.25) is 9.59 Å². The molecule has 0 radical (unpaired) electrons. The Kier molecular flexibility index (Phi) is 13.8. The van der Waals surface area contributed by atoms with Crippen LogP contribution in [0.2, 0.25) is 0 Å². The number of rotatable bonds is 10. The lowest BCUT2D eigenvalue weighted by Gasteiger charge is -2.33. The molecule has 1 aromatic heterocycles. The van der Waals surface area contributed by atoms with Crippen LogP contribution < -0.4 is 29.2 Å². The topological polar surface area (TPSA) is 157 Å². The second kappa shape index (κ2) is 18.1. The second-order valence-corrected chi connectivity index (χ2v) is 16.9. The molecule has 15 heteroatoms. The van der Waals surface area contributed by atoms with Gasteiger partial charge in [0.05, 0.1) is 24.5 Å². The van der Waals surface area contributed by atoms with Crippen LogP contribution in [0.1, 0.15) is 98.3 Å². The number of aromatic nitrogens is 1. The molecule has 0 spiro atoms. The van der Waals surface area contributed by atoms with E-state index < -0.39 is 47.4 Å². The van der Waals surface area contributed by atoms with Crippen LogP contribution in [0.5, 0.6) is 17.4 Å². The molecule has 4 N–H and O–H groups in total. The fourth-order valence-electron chi connectivity index (χ4n) is 6.96. The quantitative estimate of drug-likeness (QED) is 0.113. The molecule has 1 aliphatic carbocycles. The second-order valence-electron chi connectivity index (χ2n) is 15.6. The zero-order valence-corrected chi connectivity index (χ0v) is 34.0. The number of fused-ring (bicyclic) bond motifs is 2. The van der Waals surface area contributed by atoms with Crippen molar-refractivity contribution in [3.8, 4) is 17.4 Å². The van der Waals surface area contributed by atoms with Crippen molar-refractivity contribution in [1.82, 2.24) is 25.4 Å². The van der Waals surface area contributed by atoms with Gasteiger partial charge >= 0.3 is 11.9 Å². The van der Waals surface area contributed by atoms with Gasteiger partial charge in [-0.1, -0.05) is 31.9 Å². The highest BCUT2D eigenvalue weighted by molar-refractivity contribution is 7.94. The molecule has 1 aromatic carbocycles. The first-order valence-electron chi connectivity index (χ1n) is 19.5. The van der Waals surface area contributed by atoms with E-state index in [1.165, 1.54) is 34.9 Å². The predicted molar refractivity (Wildman–Crippen MR) is 211 cm³/mol. The molecule has 4 amide bonds. The van der Waals surface area contributed by atoms with Crippen LogP contribution in [0.3, 0.4) is 0 Å². The third kappa shape index (κ3) is 10.3. The Morgan fingerprint density at radius 3 is 2.60 bits per heavy atom. The van der Waals surface area contributed by atoms with E-state index in [2.05, 4.69) is 39.1 Å². The summed E-state index contributed by atoms with van der Waals surface area (Å²) in [5.41, 5.74) is -0.925. The summed E-state index contributed by atoms with van der Waals surface area (Å²) in [6, 6.07) is 2.13. The van der Waals surface area contributed by atoms with E-state index in [-0.39, 0.29) is 46.9 Å². The summed E-state index contributed by atoms with van der Waals surface area (Å²) in [7, 11) is 4.58. The first kappa shape index (κ1) is 41.9. The van der Waals surface area contributed by atoms with Crippen molar-refractivity contribution in [1.29, 1.82) is 0 Å². The molecule has 302 valence electrons. The molecule has 5 rings (SSSR count). The summed E-state index contributed by atoms with van der Waals surface area (Å²) in [5.74, 6) is -1.01. The normalized spacial score (nSPS) is 25.6. The number of urea groups is 1. The van der Waals surface area contributed by atoms with E-state index in [0.717, 1.165) is 32.1 Å². The zero-order valence-electron chi connectivity index (χ0n) is 33.2. The Hall–Kier alpha value is -4.27. The van der Waals surface area contributed by atoms with Crippen LogP contribution in [0, 0.1) is 5.82 Å². The molecular formula is C40H58FN6O7S+. The molecule has 0 bridgehead atoms. The molecule has 13 nitrogen and oxygen atoms in total. The fraction of sp³-hybridized carbons (Fsp3) is 0.625. The number of pyridine rings is 1. The Labute approximate surface area is 327 Å². The number of nitrogens with one attached hydrogen (secondary N) is 3. The van der Waals surface area contributed by atoms with Crippen molar-refractivity contribution in [2.24, 2.45) is 0 Å². The lowest BCUT2D eigenvalue weighted by Crippen LogP contribution is -2.75. The molecule has 4 atom stereocenters. The van der Waals surface area contributed by atoms with Crippen LogP contribution in [0.15, 0.2) is 30.4 Å². The van der Waals surface area contributed by atoms with Crippen LogP contribution in [-0.4, -0.2) is 106 Å². The first-order chi connectivity index (χ1) is 26.2. The van der Waals surface area contributed by atoms with Crippen molar-refractivity contribution in [2.75, 3.05) is 27.7 Å². The Bertz CT molecular complexity index is 1770. The minimum Gasteiger partial charge on any atom is -0.491 e. The third-order valence-corrected chi connectivity index (χ3v) is 11.8. The van der Waals surface area contributed by atoms with Crippen molar-refractivity contribution in [3.63, 3.8) is 0 Å². The van der Waals surface area contributed by atoms with Crippen LogP contribution in [-0.2, 0) is 9.59 Å². The Morgan fingerprint density at radius 1 is 1.18 bits per heavy atom. The van der Waals surface area contributed by atoms with E-state index >= 15 is 0 Å². The SMILES string of the molecule is CC[C@@]1(/C(O)=[NH+]/SC2(C)CC2)CC/C=C\CCCCC[C@H](NC(=O)N(C)C)C(=O)N2C[C@H](Oc3cc(OC(C)C)nc4c(OC)c(F)ccc34)C[C@H]2C(=O)N1. The largest absolute Gasteiger partial charge is 0.491 e. The summed E-state index contributed by atoms with van der Waals surface area (Å²) < 4.78 is 36.0. The molecule has 55 heavy (non-hydrogen) atoms. The number of methoxy groups -OCH3 is 1. The average Bonchev–Trinajstić information content (AvgIpc) is 3.73. The van der Waals surface area contributed by atoms with Gasteiger partial charge in [0, 0.05) is 32.0 Å². The van der Waals surface area contributed by atoms with Gasteiger partial charge in [-0.25, -0.2) is 14.2 Å². The summed E-state index contributed by atoms with van der Waals surface area (Å²) in [6.45, 7) is 7.76. The Morgan fingerprint density at radius 2 is 1.93 bits per heavy atom. The summed E-state index contributed by atoms with van der Waals surface area (Å²) in [5, 5.41) is 18.2. The third-order valence-electron chi connectivity index (χ3n) is 10.6. The molecule has 2 aliphatic heterocycles. The number of carbonyl (C=O) groups is 3. The van der Waals surface area contributed by atoms with Gasteiger partial charge in [0.2, 0.25) is 17.7 Å². The standard InChI is InChI=1S/C40H57FN6O7S/c1-8-40(37(50)45-55-39(4)20-21-39)19-15-13-11-9-10-12-14-16-29(42-38(51)46(5)6)36(49)47-24-26(22-30(47)35(48)44-40)54-31-23-32(53-25(2)3)43-33-27(31)17-18-28(41)34(33)52-7/h11,13,17-18,23,25-26,29-30H,8-10,12,14-16,19-22,24H2,1-7H3,(H,42,51)(H,44,48)(H,45,50)/p+1/b13-11-/t26-,29+,30+,40+/m1/s1. The average molecular weight is 786 g/mol. The van der Waals surface area contributed by atoms with E-state index in [1.54, 1.807) is 26.2 Å². The zero-order chi connectivity index (χ0) is 39.9. The first-order valence-corrected chi connectivity index (χ1v) is 20.3. The number of ether oxygens (including phenoxy) is 3. The van der Waals surface area contributed by atoms with E-state index in [1.807, 2.05) is 20.8 Å². The predicted octanol–water partition coefficient (Wildman–Crippen LogP) is 4.96. The van der Waals surface area contributed by atoms with Crippen LogP contribution in [0.4, 0.5) is 9.18 Å². The minimum atomic E-state index is -1.13. The van der Waals surface area contributed by atoms with Crippen LogP contribution >= 0.6 is 11.9 Å². The molecule has 2 aromatic rings. The molecule has 3 aliphatic rings. The van der Waals surface area contributed by atoms with Gasteiger partial charge in [0.25, 0.3) is 0 Å². The maximum atomic E-state index is 14.9. The Balaban J connectivity index is 1.54. The maximum Gasteiger partial charge on any atom is 0.372 e. The van der Waals surface area contributed by atoms with Crippen molar-refractivity contribution in [2.45, 2.75) is 133 Å². The van der Waals surface area contributed by atoms with Gasteiger partial charge in [-0.05, 0) is 84.3 Å². The number of benzene rings is 1. The number of hydrogen-bond donors (Lipinski definition) is 4. The molecule has 1 saturated heterocycles. The van der Waals surface area contributed by atoms with Gasteiger partial charge in [-0.2, -0.15) is 0 Å². The van der Waals surface area contributed by atoms with Gasteiger partial charge < -0.3 is 39.8 Å². The lowest BCUT2D eigenvalue weighted by molar-refractivity contribution is -0.268. The number of amides is 4. The fourth-order valence-corrected chi connectivity index (χ4v) is 7.81. The van der Waals surface area contributed by atoms with E-state index in [0.29, 0.717) is 43.2 Å². The molecular weight excluding hydrogens is 728 g/mol. The highest BCUT2D eigenvalue weighted by atomic mass is 32.2. The van der Waals surface area contributed by atoms with Crippen molar-refractivity contribution >= 4 is 46.6 Å². The van der Waals surface area contributed by atoms with Crippen LogP contribution in [0.25, 0.3) is 10.9 Å². The summed E-state index contributed by atoms with van der Waals surface area (Å²) >= 11 is 1.46. The molecule has 3 heterocycles. The van der Waals surface area contributed by atoms with Gasteiger partial charge in [-0.15, -0.1) is 4.40 Å². The molecule has 0 unspecified atom stereocenters. The van der Waals surface area contributed by atoms with Crippen molar-refractivity contribution in [3.05, 3.63) is 36.2 Å². The van der Waals surface area contributed by atoms with Crippen molar-refractivity contribution < 1.29 is 42.5 Å². The molecule has 2 fully saturated rings. The van der Waals surface area contributed by atoms with Gasteiger partial charge in [0.1, 0.15) is 29.5 Å². The number of allylic oxidation sites excluding steroid dienone is 2. The minimum absolute atomic E-state index is 0.0172. The van der Waals surface area contributed by atoms with E-state index in [9.17, 15) is 23.9 Å². The maximum absolute atomic E-state index is 14.9. The number of nitrogens with zero attached hydrogens (tertiary/aromatic N) is 3. The lowest BCUT2D eigenvalue weighted by atomic mass is 9.89. The summed E-state index contributed by atoms with van der Waals surface area (Å²) in [4.78, 5) is 49.6. The number of halogens is 1. The highest BCUT2D eigenvalue weighted by Gasteiger charge is 2.49. The number of carbonyl (C=O) groups excluding carboxylic acids is 3. The molecule has 1 saturated carbocycles. The number of aliphatic hydroxyl groups is 1. The number of hydrogen-bond acceptors (Lipinski definition) is 8. The monoisotopic (exact) mass is 785 g/mol.